The van der Waals surface area contributed by atoms with Gasteiger partial charge in [-0.1, -0.05) is 29.8 Å². The van der Waals surface area contributed by atoms with Crippen LogP contribution in [0.4, 0.5) is 0 Å². The highest BCUT2D eigenvalue weighted by Gasteiger charge is 2.35. The number of fused-ring (bicyclic) bond motifs is 3. The van der Waals surface area contributed by atoms with Crippen LogP contribution in [-0.4, -0.2) is 61.7 Å². The molecular weight excluding hydrogens is 392 g/mol. The Balaban J connectivity index is 1.37. The lowest BCUT2D eigenvalue weighted by Gasteiger charge is -2.33. The van der Waals surface area contributed by atoms with Crippen LogP contribution in [0.5, 0.6) is 11.5 Å². The number of hydrogen-bond donors (Lipinski definition) is 0. The summed E-state index contributed by atoms with van der Waals surface area (Å²) < 4.78 is 17.6. The van der Waals surface area contributed by atoms with Crippen LogP contribution in [0.1, 0.15) is 32.6 Å². The van der Waals surface area contributed by atoms with E-state index in [-0.39, 0.29) is 5.78 Å². The van der Waals surface area contributed by atoms with Gasteiger partial charge in [0.15, 0.2) is 5.76 Å². The van der Waals surface area contributed by atoms with Gasteiger partial charge in [0.2, 0.25) is 5.78 Å². The zero-order valence-electron chi connectivity index (χ0n) is 18.1. The van der Waals surface area contributed by atoms with Crippen molar-refractivity contribution in [2.75, 3.05) is 46.1 Å². The number of benzene rings is 2. The molecule has 1 fully saturated rings. The lowest BCUT2D eigenvalue weighted by Crippen LogP contribution is -2.43. The van der Waals surface area contributed by atoms with Crippen molar-refractivity contribution in [3.05, 3.63) is 63.9 Å². The van der Waals surface area contributed by atoms with Crippen LogP contribution in [0.25, 0.3) is 6.08 Å². The summed E-state index contributed by atoms with van der Waals surface area (Å²) in [6, 6.07) is 10.0. The second-order valence-corrected chi connectivity index (χ2v) is 8.50. The molecular formula is C25H28N2O4. The van der Waals surface area contributed by atoms with Gasteiger partial charge in [0, 0.05) is 32.7 Å². The second kappa shape index (κ2) is 8.46. The number of rotatable bonds is 4. The van der Waals surface area contributed by atoms with E-state index in [9.17, 15) is 4.79 Å². The monoisotopic (exact) mass is 420 g/mol. The minimum Gasteiger partial charge on any atom is -0.478 e. The van der Waals surface area contributed by atoms with E-state index in [0.29, 0.717) is 30.3 Å². The molecule has 0 bridgehead atoms. The van der Waals surface area contributed by atoms with Gasteiger partial charge >= 0.3 is 0 Å². The van der Waals surface area contributed by atoms with Gasteiger partial charge in [-0.15, -0.1) is 0 Å². The molecule has 6 nitrogen and oxygen atoms in total. The van der Waals surface area contributed by atoms with Crippen LogP contribution in [0.2, 0.25) is 0 Å². The highest BCUT2D eigenvalue weighted by Crippen LogP contribution is 2.44. The molecule has 2 aromatic carbocycles. The summed E-state index contributed by atoms with van der Waals surface area (Å²) in [5, 5.41) is 0. The Labute approximate surface area is 183 Å². The number of morpholine rings is 1. The van der Waals surface area contributed by atoms with E-state index in [1.807, 2.05) is 50.3 Å². The average molecular weight is 421 g/mol. The van der Waals surface area contributed by atoms with Crippen molar-refractivity contribution in [3.8, 4) is 11.5 Å². The molecule has 0 atom stereocenters. The van der Waals surface area contributed by atoms with E-state index in [0.717, 1.165) is 61.8 Å². The zero-order valence-corrected chi connectivity index (χ0v) is 18.1. The maximum Gasteiger partial charge on any atom is 0.232 e. The summed E-state index contributed by atoms with van der Waals surface area (Å²) in [7, 11) is 0. The summed E-state index contributed by atoms with van der Waals surface area (Å²) in [5.74, 6) is 1.81. The second-order valence-electron chi connectivity index (χ2n) is 8.50. The van der Waals surface area contributed by atoms with Gasteiger partial charge in [-0.2, -0.15) is 0 Å². The lowest BCUT2D eigenvalue weighted by molar-refractivity contribution is 0.0239. The predicted molar refractivity (Wildman–Crippen MR) is 118 cm³/mol. The summed E-state index contributed by atoms with van der Waals surface area (Å²) in [4.78, 5) is 17.8. The van der Waals surface area contributed by atoms with Crippen LogP contribution >= 0.6 is 0 Å². The molecule has 0 N–H and O–H groups in total. The smallest absolute Gasteiger partial charge is 0.232 e. The predicted octanol–water partition coefficient (Wildman–Crippen LogP) is 3.40. The third-order valence-corrected chi connectivity index (χ3v) is 6.20. The number of carbonyl (C=O) groups excluding carboxylic acids is 1. The molecule has 0 unspecified atom stereocenters. The number of aryl methyl sites for hydroxylation is 2. The summed E-state index contributed by atoms with van der Waals surface area (Å²) >= 11 is 0. The standard InChI is InChI=1S/C25H28N2O4/c1-17-3-5-19(6-4-17)14-22-24(28)23-18(2)13-21-20(25(23)31-22)15-27(16-30-21)8-7-26-9-11-29-12-10-26/h3-6,13-14H,7-12,15-16H2,1-2H3/b22-14-. The Morgan fingerprint density at radius 2 is 1.77 bits per heavy atom. The fourth-order valence-corrected chi connectivity index (χ4v) is 4.34. The molecule has 3 aliphatic rings. The van der Waals surface area contributed by atoms with E-state index in [1.54, 1.807) is 0 Å². The molecule has 1 saturated heterocycles. The molecule has 0 aromatic heterocycles. The number of carbonyl (C=O) groups is 1. The van der Waals surface area contributed by atoms with Gasteiger partial charge in [-0.25, -0.2) is 0 Å². The molecule has 31 heavy (non-hydrogen) atoms. The van der Waals surface area contributed by atoms with Crippen molar-refractivity contribution in [2.45, 2.75) is 20.4 Å². The fraction of sp³-hybridized carbons (Fsp3) is 0.400. The number of ketones is 1. The molecule has 6 heteroatoms. The molecule has 0 amide bonds. The normalized spacial score (nSPS) is 20.3. The summed E-state index contributed by atoms with van der Waals surface area (Å²) in [5.41, 5.74) is 4.66. The third-order valence-electron chi connectivity index (χ3n) is 6.20. The van der Waals surface area contributed by atoms with E-state index in [2.05, 4.69) is 9.80 Å². The maximum absolute atomic E-state index is 13.1. The molecule has 0 saturated carbocycles. The van der Waals surface area contributed by atoms with Crippen LogP contribution in [0.15, 0.2) is 36.1 Å². The highest BCUT2D eigenvalue weighted by atomic mass is 16.5. The molecule has 2 aromatic rings. The molecule has 5 rings (SSSR count). The molecule has 162 valence electrons. The first-order chi connectivity index (χ1) is 15.1. The zero-order chi connectivity index (χ0) is 21.4. The summed E-state index contributed by atoms with van der Waals surface area (Å²) in [6.45, 7) is 10.7. The Kier molecular flexibility index (Phi) is 5.52. The van der Waals surface area contributed by atoms with E-state index in [1.165, 1.54) is 5.56 Å². The Morgan fingerprint density at radius 3 is 2.55 bits per heavy atom. The molecule has 0 aliphatic carbocycles. The van der Waals surface area contributed by atoms with Gasteiger partial charge in [-0.05, 0) is 37.1 Å². The first kappa shape index (κ1) is 20.2. The van der Waals surface area contributed by atoms with Gasteiger partial charge in [-0.3, -0.25) is 14.6 Å². The van der Waals surface area contributed by atoms with Crippen molar-refractivity contribution in [2.24, 2.45) is 0 Å². The minimum absolute atomic E-state index is 0.0543. The third kappa shape index (κ3) is 4.11. The van der Waals surface area contributed by atoms with Gasteiger partial charge in [0.05, 0.1) is 24.3 Å². The van der Waals surface area contributed by atoms with Crippen molar-refractivity contribution >= 4 is 11.9 Å². The van der Waals surface area contributed by atoms with Crippen LogP contribution in [0.3, 0.4) is 0 Å². The van der Waals surface area contributed by atoms with Crippen LogP contribution < -0.4 is 9.47 Å². The first-order valence-corrected chi connectivity index (χ1v) is 10.9. The molecule has 3 aliphatic heterocycles. The van der Waals surface area contributed by atoms with Crippen molar-refractivity contribution in [3.63, 3.8) is 0 Å². The quantitative estimate of drug-likeness (QED) is 0.707. The number of Topliss-reactive ketones (excluding diaryl/α,β-unsaturated/α-hetero) is 1. The van der Waals surface area contributed by atoms with E-state index in [4.69, 9.17) is 14.2 Å². The van der Waals surface area contributed by atoms with Crippen LogP contribution in [-0.2, 0) is 11.3 Å². The number of hydrogen-bond acceptors (Lipinski definition) is 6. The topological polar surface area (TPSA) is 51.2 Å². The molecule has 3 heterocycles. The number of ether oxygens (including phenoxy) is 3. The molecule has 0 spiro atoms. The largest absolute Gasteiger partial charge is 0.478 e. The highest BCUT2D eigenvalue weighted by molar-refractivity contribution is 6.15. The Morgan fingerprint density at radius 1 is 1.03 bits per heavy atom. The fourth-order valence-electron chi connectivity index (χ4n) is 4.34. The first-order valence-electron chi connectivity index (χ1n) is 10.9. The minimum atomic E-state index is -0.0543. The Bertz CT molecular complexity index is 1020. The van der Waals surface area contributed by atoms with Crippen LogP contribution in [0, 0.1) is 13.8 Å². The lowest BCUT2D eigenvalue weighted by atomic mass is 9.98. The molecule has 0 radical (unpaired) electrons. The Hall–Kier alpha value is -2.67. The van der Waals surface area contributed by atoms with Gasteiger partial charge in [0.1, 0.15) is 18.2 Å². The summed E-state index contributed by atoms with van der Waals surface area (Å²) in [6.07, 6.45) is 1.83. The maximum atomic E-state index is 13.1. The number of nitrogens with zero attached hydrogens (tertiary/aromatic N) is 2. The van der Waals surface area contributed by atoms with Gasteiger partial charge < -0.3 is 14.2 Å². The van der Waals surface area contributed by atoms with E-state index < -0.39 is 0 Å². The van der Waals surface area contributed by atoms with Gasteiger partial charge in [0.25, 0.3) is 0 Å². The van der Waals surface area contributed by atoms with E-state index >= 15 is 0 Å². The van der Waals surface area contributed by atoms with Crippen molar-refractivity contribution in [1.82, 2.24) is 9.80 Å². The van der Waals surface area contributed by atoms with Crippen molar-refractivity contribution in [1.29, 1.82) is 0 Å². The van der Waals surface area contributed by atoms with Crippen molar-refractivity contribution < 1.29 is 19.0 Å². The average Bonchev–Trinajstić information content (AvgIpc) is 3.12. The number of allylic oxidation sites excluding steroid dienone is 1. The SMILES string of the molecule is Cc1ccc(/C=C2\Oc3c4c(cc(C)c3C2=O)OCN(CCN2CCOCC2)C4)cc1.